The fourth-order valence-corrected chi connectivity index (χ4v) is 3.52. The summed E-state index contributed by atoms with van der Waals surface area (Å²) in [5.41, 5.74) is 1.59. The van der Waals surface area contributed by atoms with Crippen molar-refractivity contribution in [1.82, 2.24) is 20.3 Å². The second-order valence-corrected chi connectivity index (χ2v) is 7.80. The van der Waals surface area contributed by atoms with Gasteiger partial charge < -0.3 is 20.2 Å². The Balaban J connectivity index is 1.68. The van der Waals surface area contributed by atoms with Gasteiger partial charge in [0.2, 0.25) is 5.91 Å². The van der Waals surface area contributed by atoms with Crippen LogP contribution in [0.5, 0.6) is 0 Å². The van der Waals surface area contributed by atoms with Gasteiger partial charge in [-0.15, -0.1) is 5.06 Å². The molecule has 10 nitrogen and oxygen atoms in total. The van der Waals surface area contributed by atoms with Gasteiger partial charge in [0, 0.05) is 31.5 Å². The normalized spacial score (nSPS) is 14.8. The number of rotatable bonds is 9. The maximum atomic E-state index is 13.1. The third-order valence-electron chi connectivity index (χ3n) is 5.37. The Bertz CT molecular complexity index is 1020. The summed E-state index contributed by atoms with van der Waals surface area (Å²) in [5, 5.41) is 13.3. The number of pyridine rings is 1. The van der Waals surface area contributed by atoms with Gasteiger partial charge in [0.05, 0.1) is 18.8 Å². The van der Waals surface area contributed by atoms with Crippen molar-refractivity contribution in [3.8, 4) is 11.3 Å². The molecule has 1 fully saturated rings. The van der Waals surface area contributed by atoms with Crippen LogP contribution in [0, 0.1) is 0 Å². The summed E-state index contributed by atoms with van der Waals surface area (Å²) in [6.45, 7) is 2.94. The van der Waals surface area contributed by atoms with Crippen LogP contribution in [-0.2, 0) is 19.2 Å². The molecule has 34 heavy (non-hydrogen) atoms. The first-order valence-electron chi connectivity index (χ1n) is 11.2. The van der Waals surface area contributed by atoms with Gasteiger partial charge in [-0.3, -0.25) is 19.2 Å². The van der Waals surface area contributed by atoms with E-state index < -0.39 is 17.9 Å². The topological polar surface area (TPSA) is 129 Å². The largest absolute Gasteiger partial charge is 0.481 e. The lowest BCUT2D eigenvalue weighted by Gasteiger charge is -2.35. The third kappa shape index (κ3) is 6.85. The number of benzene rings is 1. The second kappa shape index (κ2) is 11.9. The van der Waals surface area contributed by atoms with Gasteiger partial charge in [0.15, 0.2) is 0 Å². The summed E-state index contributed by atoms with van der Waals surface area (Å²) in [5.74, 6) is -2.35. The van der Waals surface area contributed by atoms with Gasteiger partial charge >= 0.3 is 11.9 Å². The van der Waals surface area contributed by atoms with Crippen LogP contribution >= 0.6 is 0 Å². The third-order valence-corrected chi connectivity index (χ3v) is 5.37. The van der Waals surface area contributed by atoms with E-state index in [1.165, 1.54) is 9.96 Å². The maximum absolute atomic E-state index is 13.1. The predicted octanol–water partition coefficient (Wildman–Crippen LogP) is 1.72. The zero-order chi connectivity index (χ0) is 24.5. The molecule has 0 unspecified atom stereocenters. The monoisotopic (exact) mass is 468 g/mol. The lowest BCUT2D eigenvalue weighted by atomic mass is 10.1. The van der Waals surface area contributed by atoms with Crippen molar-refractivity contribution in [3.63, 3.8) is 0 Å². The molecule has 0 radical (unpaired) electrons. The Morgan fingerprint density at radius 3 is 2.38 bits per heavy atom. The van der Waals surface area contributed by atoms with Crippen molar-refractivity contribution in [3.05, 3.63) is 54.2 Å². The standard InChI is InChI=1S/C24H28N4O6/c1-2-22(31)34-28-15-13-27(14-16-28)24(33)20(11-12-21(29)30)26-23(32)19-10-6-9-18(25-19)17-7-4-3-5-8-17/h3-10,20H,2,11-16H2,1H3,(H,26,32)(H,29,30)/t20-/m0/s1. The first-order chi connectivity index (χ1) is 16.4. The molecular weight excluding hydrogens is 440 g/mol. The number of carboxylic acid groups (broad SMARTS) is 1. The van der Waals surface area contributed by atoms with Crippen LogP contribution < -0.4 is 5.32 Å². The SMILES string of the molecule is CCC(=O)ON1CCN(C(=O)[C@H](CCC(=O)O)NC(=O)c2cccc(-c3ccccc3)n2)CC1. The first-order valence-corrected chi connectivity index (χ1v) is 11.2. The van der Waals surface area contributed by atoms with Gasteiger partial charge in [-0.05, 0) is 18.6 Å². The number of hydrogen-bond acceptors (Lipinski definition) is 7. The highest BCUT2D eigenvalue weighted by atomic mass is 16.7. The van der Waals surface area contributed by atoms with Crippen LogP contribution in [0.1, 0.15) is 36.7 Å². The van der Waals surface area contributed by atoms with E-state index in [1.54, 1.807) is 25.1 Å². The summed E-state index contributed by atoms with van der Waals surface area (Å²) in [6, 6.07) is 13.4. The first kappa shape index (κ1) is 24.8. The van der Waals surface area contributed by atoms with E-state index >= 15 is 0 Å². The number of carboxylic acids is 1. The van der Waals surface area contributed by atoms with E-state index in [9.17, 15) is 19.2 Å². The molecule has 2 aromatic rings. The van der Waals surface area contributed by atoms with Crippen LogP contribution in [0.3, 0.4) is 0 Å². The fourth-order valence-electron chi connectivity index (χ4n) is 3.52. The van der Waals surface area contributed by atoms with Gasteiger partial charge in [-0.2, -0.15) is 0 Å². The highest BCUT2D eigenvalue weighted by Gasteiger charge is 2.30. The lowest BCUT2D eigenvalue weighted by Crippen LogP contribution is -2.55. The van der Waals surface area contributed by atoms with E-state index in [4.69, 9.17) is 9.94 Å². The Morgan fingerprint density at radius 2 is 1.74 bits per heavy atom. The molecule has 1 saturated heterocycles. The van der Waals surface area contributed by atoms with E-state index in [1.807, 2.05) is 30.3 Å². The highest BCUT2D eigenvalue weighted by Crippen LogP contribution is 2.17. The van der Waals surface area contributed by atoms with Crippen LogP contribution in [0.25, 0.3) is 11.3 Å². The number of hydroxylamine groups is 2. The Kier molecular flexibility index (Phi) is 8.69. The Morgan fingerprint density at radius 1 is 1.03 bits per heavy atom. The molecule has 3 rings (SSSR count). The minimum atomic E-state index is -1.06. The van der Waals surface area contributed by atoms with Crippen LogP contribution in [-0.4, -0.2) is 76.0 Å². The van der Waals surface area contributed by atoms with Crippen molar-refractivity contribution < 1.29 is 29.1 Å². The zero-order valence-electron chi connectivity index (χ0n) is 19.0. The molecule has 0 spiro atoms. The minimum absolute atomic E-state index is 0.0523. The quantitative estimate of drug-likeness (QED) is 0.569. The van der Waals surface area contributed by atoms with Crippen molar-refractivity contribution in [2.75, 3.05) is 26.2 Å². The van der Waals surface area contributed by atoms with Crippen LogP contribution in [0.15, 0.2) is 48.5 Å². The molecule has 10 heteroatoms. The van der Waals surface area contributed by atoms with Crippen molar-refractivity contribution >= 4 is 23.8 Å². The average Bonchev–Trinajstić information content (AvgIpc) is 2.86. The van der Waals surface area contributed by atoms with E-state index in [2.05, 4.69) is 10.3 Å². The maximum Gasteiger partial charge on any atom is 0.324 e. The number of nitrogens with zero attached hydrogens (tertiary/aromatic N) is 3. The summed E-state index contributed by atoms with van der Waals surface area (Å²) in [6.07, 6.45) is -0.0759. The van der Waals surface area contributed by atoms with Crippen molar-refractivity contribution in [2.24, 2.45) is 0 Å². The van der Waals surface area contributed by atoms with Crippen LogP contribution in [0.2, 0.25) is 0 Å². The van der Waals surface area contributed by atoms with Gasteiger partial charge in [-0.1, -0.05) is 43.3 Å². The summed E-state index contributed by atoms with van der Waals surface area (Å²) in [4.78, 5) is 59.8. The van der Waals surface area contributed by atoms with E-state index in [0.717, 1.165) is 5.56 Å². The molecular formula is C24H28N4O6. The zero-order valence-corrected chi connectivity index (χ0v) is 19.0. The number of piperazine rings is 1. The van der Waals surface area contributed by atoms with Gasteiger partial charge in [0.1, 0.15) is 11.7 Å². The number of amides is 2. The van der Waals surface area contributed by atoms with Crippen LogP contribution in [0.4, 0.5) is 0 Å². The highest BCUT2D eigenvalue weighted by molar-refractivity contribution is 5.96. The lowest BCUT2D eigenvalue weighted by molar-refractivity contribution is -0.197. The smallest absolute Gasteiger partial charge is 0.324 e. The number of hydrogen-bond donors (Lipinski definition) is 2. The predicted molar refractivity (Wildman–Crippen MR) is 122 cm³/mol. The molecule has 180 valence electrons. The molecule has 0 bridgehead atoms. The molecule has 2 N–H and O–H groups in total. The molecule has 0 saturated carbocycles. The van der Waals surface area contributed by atoms with Gasteiger partial charge in [0.25, 0.3) is 5.91 Å². The summed E-state index contributed by atoms with van der Waals surface area (Å²) >= 11 is 0. The minimum Gasteiger partial charge on any atom is -0.481 e. The molecule has 1 aromatic carbocycles. The fraction of sp³-hybridized carbons (Fsp3) is 0.375. The van der Waals surface area contributed by atoms with Crippen molar-refractivity contribution in [1.29, 1.82) is 0 Å². The molecule has 2 heterocycles. The van der Waals surface area contributed by atoms with Crippen molar-refractivity contribution in [2.45, 2.75) is 32.2 Å². The Labute approximate surface area is 197 Å². The molecule has 1 aliphatic heterocycles. The second-order valence-electron chi connectivity index (χ2n) is 7.80. The Hall–Kier alpha value is -3.79. The number of aliphatic carboxylic acids is 1. The number of carbonyl (C=O) groups is 4. The number of aromatic nitrogens is 1. The average molecular weight is 469 g/mol. The number of nitrogens with one attached hydrogen (secondary N) is 1. The van der Waals surface area contributed by atoms with E-state index in [-0.39, 0.29) is 49.9 Å². The molecule has 2 amide bonds. The molecule has 0 aliphatic carbocycles. The molecule has 1 aromatic heterocycles. The van der Waals surface area contributed by atoms with E-state index in [0.29, 0.717) is 18.8 Å². The molecule has 1 aliphatic rings. The van der Waals surface area contributed by atoms with Gasteiger partial charge in [-0.25, -0.2) is 4.98 Å². The number of carbonyl (C=O) groups excluding carboxylic acids is 3. The summed E-state index contributed by atoms with van der Waals surface area (Å²) < 4.78 is 0. The molecule has 1 atom stereocenters. The summed E-state index contributed by atoms with van der Waals surface area (Å²) in [7, 11) is 0.